The molecule has 2 N–H and O–H groups in total. The number of imidazole rings is 1. The predicted molar refractivity (Wildman–Crippen MR) is 84.3 cm³/mol. The van der Waals surface area contributed by atoms with E-state index in [2.05, 4.69) is 15.3 Å². The van der Waals surface area contributed by atoms with Crippen molar-refractivity contribution in [1.29, 1.82) is 0 Å². The molecule has 1 aromatic carbocycles. The van der Waals surface area contributed by atoms with E-state index >= 15 is 0 Å². The van der Waals surface area contributed by atoms with Gasteiger partial charge >= 0.3 is 0 Å². The molecule has 0 unspecified atom stereocenters. The molecule has 130 valence electrons. The van der Waals surface area contributed by atoms with E-state index in [4.69, 9.17) is 9.47 Å². The summed E-state index contributed by atoms with van der Waals surface area (Å²) >= 11 is 0. The smallest absolute Gasteiger partial charge is 0.273 e. The molecule has 0 saturated heterocycles. The zero-order chi connectivity index (χ0) is 17.4. The zero-order valence-electron chi connectivity index (χ0n) is 13.2. The number of benzene rings is 1. The van der Waals surface area contributed by atoms with Crippen molar-refractivity contribution in [2.24, 2.45) is 0 Å². The van der Waals surface area contributed by atoms with Crippen LogP contribution >= 0.6 is 0 Å². The molecule has 8 heteroatoms. The van der Waals surface area contributed by atoms with Crippen molar-refractivity contribution in [2.75, 3.05) is 32.2 Å². The first-order chi connectivity index (χ1) is 11.6. The number of nitrogens with one attached hydrogen (secondary N) is 2. The van der Waals surface area contributed by atoms with Crippen LogP contribution in [-0.2, 0) is 15.9 Å². The average molecular weight is 339 g/mol. The van der Waals surface area contributed by atoms with Crippen LogP contribution in [0.2, 0.25) is 0 Å². The second-order valence-corrected chi connectivity index (χ2v) is 4.98. The van der Waals surface area contributed by atoms with Crippen LogP contribution in [-0.4, -0.2) is 42.8 Å². The number of carbonyl (C=O) groups is 1. The lowest BCUT2D eigenvalue weighted by Crippen LogP contribution is -2.13. The van der Waals surface area contributed by atoms with Gasteiger partial charge in [0.05, 0.1) is 26.0 Å². The largest absolute Gasteiger partial charge is 0.382 e. The van der Waals surface area contributed by atoms with Gasteiger partial charge in [-0.1, -0.05) is 12.1 Å². The van der Waals surface area contributed by atoms with E-state index in [-0.39, 0.29) is 11.3 Å². The molecule has 2 rings (SSSR count). The monoisotopic (exact) mass is 339 g/mol. The molecule has 0 aliphatic carbocycles. The van der Waals surface area contributed by atoms with Gasteiger partial charge in [-0.25, -0.2) is 13.8 Å². The SMILES string of the molecule is COCCOCCc1ncc(C(=O)Nc2cccc(C(F)F)c2)[nH]1. The van der Waals surface area contributed by atoms with Crippen LogP contribution in [0.4, 0.5) is 14.5 Å². The molecule has 0 bridgehead atoms. The van der Waals surface area contributed by atoms with Crippen LogP contribution in [0.5, 0.6) is 0 Å². The first-order valence-corrected chi connectivity index (χ1v) is 7.40. The Kier molecular flexibility index (Phi) is 6.83. The summed E-state index contributed by atoms with van der Waals surface area (Å²) in [5, 5.41) is 2.56. The van der Waals surface area contributed by atoms with Gasteiger partial charge in [-0.05, 0) is 12.1 Å². The number of aromatic amines is 1. The summed E-state index contributed by atoms with van der Waals surface area (Å²) in [6, 6.07) is 5.55. The number of rotatable bonds is 9. The Hall–Kier alpha value is -2.32. The van der Waals surface area contributed by atoms with Crippen molar-refractivity contribution in [3.05, 3.63) is 47.5 Å². The molecular formula is C16H19F2N3O3. The molecule has 0 spiro atoms. The van der Waals surface area contributed by atoms with Crippen LogP contribution in [0.15, 0.2) is 30.5 Å². The minimum atomic E-state index is -2.58. The third-order valence-electron chi connectivity index (χ3n) is 3.18. The quantitative estimate of drug-likeness (QED) is 0.689. The lowest BCUT2D eigenvalue weighted by molar-refractivity contribution is 0.0717. The summed E-state index contributed by atoms with van der Waals surface area (Å²) in [4.78, 5) is 19.1. The summed E-state index contributed by atoms with van der Waals surface area (Å²) in [6.45, 7) is 1.46. The van der Waals surface area contributed by atoms with Gasteiger partial charge in [0.1, 0.15) is 11.5 Å². The second-order valence-electron chi connectivity index (χ2n) is 4.98. The topological polar surface area (TPSA) is 76.2 Å². The fourth-order valence-electron chi connectivity index (χ4n) is 1.97. The molecule has 1 aromatic heterocycles. The van der Waals surface area contributed by atoms with E-state index in [9.17, 15) is 13.6 Å². The maximum Gasteiger partial charge on any atom is 0.273 e. The Morgan fingerprint density at radius 1 is 1.33 bits per heavy atom. The second kappa shape index (κ2) is 9.09. The maximum atomic E-state index is 12.7. The molecule has 0 saturated carbocycles. The highest BCUT2D eigenvalue weighted by atomic mass is 19.3. The van der Waals surface area contributed by atoms with Crippen molar-refractivity contribution in [3.63, 3.8) is 0 Å². The van der Waals surface area contributed by atoms with Gasteiger partial charge in [-0.15, -0.1) is 0 Å². The van der Waals surface area contributed by atoms with E-state index in [1.807, 2.05) is 0 Å². The minimum Gasteiger partial charge on any atom is -0.382 e. The van der Waals surface area contributed by atoms with Crippen LogP contribution < -0.4 is 5.32 Å². The van der Waals surface area contributed by atoms with Crippen LogP contribution in [0, 0.1) is 0 Å². The normalized spacial score (nSPS) is 11.0. The number of aromatic nitrogens is 2. The highest BCUT2D eigenvalue weighted by Gasteiger charge is 2.12. The Balaban J connectivity index is 1.88. The van der Waals surface area contributed by atoms with Crippen molar-refractivity contribution in [3.8, 4) is 0 Å². The van der Waals surface area contributed by atoms with Crippen LogP contribution in [0.3, 0.4) is 0 Å². The number of carbonyl (C=O) groups excluding carboxylic acids is 1. The van der Waals surface area contributed by atoms with Gasteiger partial charge in [0.25, 0.3) is 12.3 Å². The first-order valence-electron chi connectivity index (χ1n) is 7.40. The van der Waals surface area contributed by atoms with Gasteiger partial charge in [0.2, 0.25) is 0 Å². The Labute approximate surface area is 138 Å². The molecule has 0 aliphatic rings. The third-order valence-corrected chi connectivity index (χ3v) is 3.18. The van der Waals surface area contributed by atoms with Crippen molar-refractivity contribution < 1.29 is 23.0 Å². The molecule has 0 aliphatic heterocycles. The van der Waals surface area contributed by atoms with Gasteiger partial charge < -0.3 is 19.8 Å². The maximum absolute atomic E-state index is 12.7. The number of alkyl halides is 2. The van der Waals surface area contributed by atoms with Crippen molar-refractivity contribution >= 4 is 11.6 Å². The number of hydrogen-bond acceptors (Lipinski definition) is 4. The van der Waals surface area contributed by atoms with Crippen LogP contribution in [0.1, 0.15) is 28.3 Å². The molecule has 0 atom stereocenters. The molecule has 1 amide bonds. The molecule has 24 heavy (non-hydrogen) atoms. The fourth-order valence-corrected chi connectivity index (χ4v) is 1.97. The fraction of sp³-hybridized carbons (Fsp3) is 0.375. The zero-order valence-corrected chi connectivity index (χ0v) is 13.2. The average Bonchev–Trinajstić information content (AvgIpc) is 3.04. The van der Waals surface area contributed by atoms with Gasteiger partial charge in [0, 0.05) is 24.8 Å². The molecule has 2 aromatic rings. The van der Waals surface area contributed by atoms with E-state index in [1.165, 1.54) is 24.4 Å². The predicted octanol–water partition coefficient (Wildman–Crippen LogP) is 2.81. The lowest BCUT2D eigenvalue weighted by Gasteiger charge is -2.06. The summed E-state index contributed by atoms with van der Waals surface area (Å²) in [6.07, 6.45) is -0.659. The molecular weight excluding hydrogens is 320 g/mol. The number of amides is 1. The van der Waals surface area contributed by atoms with Crippen LogP contribution in [0.25, 0.3) is 0 Å². The van der Waals surface area contributed by atoms with E-state index in [1.54, 1.807) is 13.2 Å². The number of ether oxygens (including phenoxy) is 2. The molecule has 0 radical (unpaired) electrons. The van der Waals surface area contributed by atoms with Crippen molar-refractivity contribution in [1.82, 2.24) is 9.97 Å². The Bertz CT molecular complexity index is 662. The third kappa shape index (κ3) is 5.39. The van der Waals surface area contributed by atoms with Gasteiger partial charge in [-0.2, -0.15) is 0 Å². The molecule has 6 nitrogen and oxygen atoms in total. The van der Waals surface area contributed by atoms with Gasteiger partial charge in [-0.3, -0.25) is 4.79 Å². The van der Waals surface area contributed by atoms with E-state index < -0.39 is 12.3 Å². The van der Waals surface area contributed by atoms with Crippen molar-refractivity contribution in [2.45, 2.75) is 12.8 Å². The number of nitrogens with zero attached hydrogens (tertiary/aromatic N) is 1. The first kappa shape index (κ1) is 18.0. The minimum absolute atomic E-state index is 0.147. The standard InChI is InChI=1S/C16H19F2N3O3/c1-23-7-8-24-6-5-14-19-10-13(21-14)16(22)20-12-4-2-3-11(9-12)15(17)18/h2-4,9-10,15H,5-8H2,1H3,(H,19,21)(H,20,22). The van der Waals surface area contributed by atoms with E-state index in [0.29, 0.717) is 37.8 Å². The summed E-state index contributed by atoms with van der Waals surface area (Å²) < 4.78 is 35.5. The van der Waals surface area contributed by atoms with E-state index in [0.717, 1.165) is 0 Å². The summed E-state index contributed by atoms with van der Waals surface area (Å²) in [7, 11) is 1.60. The number of halogens is 2. The summed E-state index contributed by atoms with van der Waals surface area (Å²) in [5.41, 5.74) is 0.410. The van der Waals surface area contributed by atoms with Gasteiger partial charge in [0.15, 0.2) is 0 Å². The number of H-pyrrole nitrogens is 1. The molecule has 0 fully saturated rings. The highest BCUT2D eigenvalue weighted by molar-refractivity contribution is 6.02. The Morgan fingerprint density at radius 2 is 2.17 bits per heavy atom. The lowest BCUT2D eigenvalue weighted by atomic mass is 10.2. The number of methoxy groups -OCH3 is 1. The Morgan fingerprint density at radius 3 is 2.92 bits per heavy atom. The number of hydrogen-bond donors (Lipinski definition) is 2. The molecule has 1 heterocycles. The number of anilines is 1. The summed E-state index contributed by atoms with van der Waals surface area (Å²) in [5.74, 6) is 0.166. The highest BCUT2D eigenvalue weighted by Crippen LogP contribution is 2.21.